The standard InChI is InChI=1S/C18H28N2O/c1-3-16-8-10-17(11-9-16)18(21)19-12-6-14-20-13-5-4-7-15(20)2/h8-11,15H,3-7,12-14H2,1-2H3,(H,19,21). The van der Waals surface area contributed by atoms with Crippen LogP contribution in [-0.2, 0) is 6.42 Å². The molecule has 1 aromatic rings. The van der Waals surface area contributed by atoms with E-state index in [1.165, 1.54) is 31.4 Å². The Balaban J connectivity index is 1.68. The smallest absolute Gasteiger partial charge is 0.251 e. The Morgan fingerprint density at radius 1 is 1.29 bits per heavy atom. The van der Waals surface area contributed by atoms with E-state index >= 15 is 0 Å². The molecule has 116 valence electrons. The number of nitrogens with one attached hydrogen (secondary N) is 1. The Kier molecular flexibility index (Phi) is 6.24. The molecule has 1 atom stereocenters. The minimum Gasteiger partial charge on any atom is -0.352 e. The molecule has 0 bridgehead atoms. The molecule has 0 spiro atoms. The number of carbonyl (C=O) groups is 1. The van der Waals surface area contributed by atoms with Crippen molar-refractivity contribution in [3.8, 4) is 0 Å². The fourth-order valence-electron chi connectivity index (χ4n) is 2.97. The molecule has 3 nitrogen and oxygen atoms in total. The number of piperidine rings is 1. The second kappa shape index (κ2) is 8.18. The van der Waals surface area contributed by atoms with Gasteiger partial charge in [-0.15, -0.1) is 0 Å². The van der Waals surface area contributed by atoms with Gasteiger partial charge in [0.05, 0.1) is 0 Å². The first-order chi connectivity index (χ1) is 10.2. The van der Waals surface area contributed by atoms with Crippen molar-refractivity contribution in [2.45, 2.75) is 52.0 Å². The average molecular weight is 288 g/mol. The quantitative estimate of drug-likeness (QED) is 0.815. The van der Waals surface area contributed by atoms with E-state index in [0.29, 0.717) is 6.04 Å². The summed E-state index contributed by atoms with van der Waals surface area (Å²) in [4.78, 5) is 14.6. The van der Waals surface area contributed by atoms with E-state index in [9.17, 15) is 4.79 Å². The maximum atomic E-state index is 12.0. The molecular formula is C18H28N2O. The third-order valence-corrected chi connectivity index (χ3v) is 4.47. The van der Waals surface area contributed by atoms with Gasteiger partial charge < -0.3 is 10.2 Å². The summed E-state index contributed by atoms with van der Waals surface area (Å²) in [5.41, 5.74) is 2.03. The maximum Gasteiger partial charge on any atom is 0.251 e. The summed E-state index contributed by atoms with van der Waals surface area (Å²) >= 11 is 0. The first-order valence-electron chi connectivity index (χ1n) is 8.32. The highest BCUT2D eigenvalue weighted by Crippen LogP contribution is 2.16. The highest BCUT2D eigenvalue weighted by atomic mass is 16.1. The van der Waals surface area contributed by atoms with Gasteiger partial charge in [-0.05, 0) is 56.8 Å². The number of amides is 1. The van der Waals surface area contributed by atoms with Gasteiger partial charge in [0.25, 0.3) is 5.91 Å². The van der Waals surface area contributed by atoms with E-state index in [2.05, 4.69) is 24.1 Å². The van der Waals surface area contributed by atoms with Crippen molar-refractivity contribution in [1.82, 2.24) is 10.2 Å². The highest BCUT2D eigenvalue weighted by molar-refractivity contribution is 5.94. The lowest BCUT2D eigenvalue weighted by Gasteiger charge is -2.33. The molecule has 1 aliphatic rings. The Hall–Kier alpha value is -1.35. The molecule has 1 aliphatic heterocycles. The molecule has 21 heavy (non-hydrogen) atoms. The number of carbonyl (C=O) groups excluding carboxylic acids is 1. The van der Waals surface area contributed by atoms with Gasteiger partial charge in [0, 0.05) is 24.7 Å². The van der Waals surface area contributed by atoms with Gasteiger partial charge in [-0.25, -0.2) is 0 Å². The van der Waals surface area contributed by atoms with E-state index in [4.69, 9.17) is 0 Å². The molecule has 2 rings (SSSR count). The molecule has 1 heterocycles. The lowest BCUT2D eigenvalue weighted by Crippen LogP contribution is -2.39. The molecular weight excluding hydrogens is 260 g/mol. The topological polar surface area (TPSA) is 32.3 Å². The minimum atomic E-state index is 0.0457. The van der Waals surface area contributed by atoms with Crippen LogP contribution in [0.3, 0.4) is 0 Å². The van der Waals surface area contributed by atoms with Crippen LogP contribution in [0.5, 0.6) is 0 Å². The molecule has 3 heteroatoms. The number of nitrogens with zero attached hydrogens (tertiary/aromatic N) is 1. The Labute approximate surface area is 128 Å². The van der Waals surface area contributed by atoms with Gasteiger partial charge in [-0.2, -0.15) is 0 Å². The number of rotatable bonds is 6. The summed E-state index contributed by atoms with van der Waals surface area (Å²) in [6, 6.07) is 8.60. The van der Waals surface area contributed by atoms with Gasteiger partial charge in [0.15, 0.2) is 0 Å². The Morgan fingerprint density at radius 2 is 2.05 bits per heavy atom. The summed E-state index contributed by atoms with van der Waals surface area (Å²) in [6.45, 7) is 7.51. The van der Waals surface area contributed by atoms with Crippen molar-refractivity contribution in [3.63, 3.8) is 0 Å². The lowest BCUT2D eigenvalue weighted by atomic mass is 10.0. The molecule has 1 unspecified atom stereocenters. The second-order valence-electron chi connectivity index (χ2n) is 6.04. The highest BCUT2D eigenvalue weighted by Gasteiger charge is 2.17. The van der Waals surface area contributed by atoms with E-state index in [1.54, 1.807) is 0 Å². The van der Waals surface area contributed by atoms with Crippen LogP contribution in [-0.4, -0.2) is 36.5 Å². The van der Waals surface area contributed by atoms with Gasteiger partial charge in [0.2, 0.25) is 0 Å². The third kappa shape index (κ3) is 4.85. The van der Waals surface area contributed by atoms with E-state index < -0.39 is 0 Å². The second-order valence-corrected chi connectivity index (χ2v) is 6.04. The maximum absolute atomic E-state index is 12.0. The third-order valence-electron chi connectivity index (χ3n) is 4.47. The SMILES string of the molecule is CCc1ccc(C(=O)NCCCN2CCCCC2C)cc1. The first kappa shape index (κ1) is 16.0. The summed E-state index contributed by atoms with van der Waals surface area (Å²) in [5.74, 6) is 0.0457. The predicted molar refractivity (Wildman–Crippen MR) is 87.7 cm³/mol. The van der Waals surface area contributed by atoms with Crippen LogP contribution in [0, 0.1) is 0 Å². The number of hydrogen-bond acceptors (Lipinski definition) is 2. The molecule has 1 fully saturated rings. The summed E-state index contributed by atoms with van der Waals surface area (Å²) in [5, 5.41) is 3.03. The van der Waals surface area contributed by atoms with E-state index in [-0.39, 0.29) is 5.91 Å². The fraction of sp³-hybridized carbons (Fsp3) is 0.611. The summed E-state index contributed by atoms with van der Waals surface area (Å²) in [6.07, 6.45) is 6.04. The molecule has 1 aromatic carbocycles. The molecule has 0 aliphatic carbocycles. The fourth-order valence-corrected chi connectivity index (χ4v) is 2.97. The van der Waals surface area contributed by atoms with Crippen LogP contribution in [0.25, 0.3) is 0 Å². The summed E-state index contributed by atoms with van der Waals surface area (Å²) < 4.78 is 0. The van der Waals surface area contributed by atoms with Crippen LogP contribution in [0.4, 0.5) is 0 Å². The van der Waals surface area contributed by atoms with Crippen molar-refractivity contribution in [2.75, 3.05) is 19.6 Å². The number of aryl methyl sites for hydroxylation is 1. The average Bonchev–Trinajstić information content (AvgIpc) is 2.53. The minimum absolute atomic E-state index is 0.0457. The molecule has 0 radical (unpaired) electrons. The van der Waals surface area contributed by atoms with Gasteiger partial charge in [-0.3, -0.25) is 4.79 Å². The Morgan fingerprint density at radius 3 is 2.71 bits per heavy atom. The van der Waals surface area contributed by atoms with Crippen LogP contribution in [0.2, 0.25) is 0 Å². The molecule has 0 aromatic heterocycles. The van der Waals surface area contributed by atoms with Crippen LogP contribution in [0.1, 0.15) is 55.5 Å². The van der Waals surface area contributed by atoms with Gasteiger partial charge in [0.1, 0.15) is 0 Å². The van der Waals surface area contributed by atoms with Crippen molar-refractivity contribution in [2.24, 2.45) is 0 Å². The van der Waals surface area contributed by atoms with E-state index in [1.807, 2.05) is 24.3 Å². The molecule has 1 N–H and O–H groups in total. The van der Waals surface area contributed by atoms with Gasteiger partial charge >= 0.3 is 0 Å². The first-order valence-corrected chi connectivity index (χ1v) is 8.32. The van der Waals surface area contributed by atoms with Crippen LogP contribution >= 0.6 is 0 Å². The lowest BCUT2D eigenvalue weighted by molar-refractivity contribution is 0.0949. The monoisotopic (exact) mass is 288 g/mol. The Bertz CT molecular complexity index is 441. The molecule has 1 saturated heterocycles. The van der Waals surface area contributed by atoms with Crippen LogP contribution in [0.15, 0.2) is 24.3 Å². The summed E-state index contributed by atoms with van der Waals surface area (Å²) in [7, 11) is 0. The molecule has 1 amide bonds. The van der Waals surface area contributed by atoms with Crippen molar-refractivity contribution in [1.29, 1.82) is 0 Å². The largest absolute Gasteiger partial charge is 0.352 e. The van der Waals surface area contributed by atoms with E-state index in [0.717, 1.165) is 31.5 Å². The van der Waals surface area contributed by atoms with Gasteiger partial charge in [-0.1, -0.05) is 25.5 Å². The van der Waals surface area contributed by atoms with Crippen molar-refractivity contribution >= 4 is 5.91 Å². The normalized spacial score (nSPS) is 19.4. The van der Waals surface area contributed by atoms with Crippen molar-refractivity contribution in [3.05, 3.63) is 35.4 Å². The van der Waals surface area contributed by atoms with Crippen molar-refractivity contribution < 1.29 is 4.79 Å². The predicted octanol–water partition coefficient (Wildman–Crippen LogP) is 3.24. The zero-order valence-corrected chi connectivity index (χ0v) is 13.4. The number of benzene rings is 1. The number of likely N-dealkylation sites (tertiary alicyclic amines) is 1. The zero-order valence-electron chi connectivity index (χ0n) is 13.4. The number of hydrogen-bond donors (Lipinski definition) is 1. The zero-order chi connectivity index (χ0) is 15.1. The van der Waals surface area contributed by atoms with Crippen LogP contribution < -0.4 is 5.32 Å². The molecule has 0 saturated carbocycles.